The standard InChI is InChI=1S/C26H27FN4O/c1-30(2)13-5-14-31-15-12-19-16-24(10-11-25(19)31)28-22-8-3-6-20(17-22)26(32)29-23-9-4-7-21(27)18-23/h3-4,6-12,15-18,28H,5,13-14H2,1-2H3,(H,29,32). The molecule has 3 aromatic carbocycles. The average Bonchev–Trinajstić information content (AvgIpc) is 3.16. The highest BCUT2D eigenvalue weighted by Gasteiger charge is 2.08. The van der Waals surface area contributed by atoms with E-state index in [2.05, 4.69) is 58.6 Å². The van der Waals surface area contributed by atoms with Crippen molar-refractivity contribution in [3.05, 3.63) is 90.4 Å². The normalized spacial score (nSPS) is 11.1. The molecule has 0 aliphatic heterocycles. The van der Waals surface area contributed by atoms with Gasteiger partial charge in [-0.1, -0.05) is 12.1 Å². The first-order valence-electron chi connectivity index (χ1n) is 10.7. The van der Waals surface area contributed by atoms with Crippen LogP contribution in [0.5, 0.6) is 0 Å². The number of halogens is 1. The van der Waals surface area contributed by atoms with Gasteiger partial charge in [-0.15, -0.1) is 0 Å². The third kappa shape index (κ3) is 5.34. The topological polar surface area (TPSA) is 49.3 Å². The zero-order valence-corrected chi connectivity index (χ0v) is 18.3. The first-order valence-corrected chi connectivity index (χ1v) is 10.7. The molecule has 0 spiro atoms. The Kier molecular flexibility index (Phi) is 6.52. The van der Waals surface area contributed by atoms with E-state index >= 15 is 0 Å². The predicted octanol–water partition coefficient (Wildman–Crippen LogP) is 5.73. The highest BCUT2D eigenvalue weighted by atomic mass is 19.1. The summed E-state index contributed by atoms with van der Waals surface area (Å²) >= 11 is 0. The number of aryl methyl sites for hydroxylation is 1. The molecule has 1 heterocycles. The van der Waals surface area contributed by atoms with E-state index in [9.17, 15) is 9.18 Å². The summed E-state index contributed by atoms with van der Waals surface area (Å²) in [6.07, 6.45) is 3.22. The van der Waals surface area contributed by atoms with Gasteiger partial charge in [0.05, 0.1) is 0 Å². The summed E-state index contributed by atoms with van der Waals surface area (Å²) in [7, 11) is 4.18. The molecule has 5 nitrogen and oxygen atoms in total. The fourth-order valence-electron chi connectivity index (χ4n) is 3.70. The van der Waals surface area contributed by atoms with Crippen molar-refractivity contribution < 1.29 is 9.18 Å². The monoisotopic (exact) mass is 430 g/mol. The quantitative estimate of drug-likeness (QED) is 0.375. The lowest BCUT2D eigenvalue weighted by Crippen LogP contribution is -2.14. The van der Waals surface area contributed by atoms with Crippen LogP contribution in [-0.2, 0) is 6.54 Å². The van der Waals surface area contributed by atoms with Gasteiger partial charge in [-0.2, -0.15) is 0 Å². The lowest BCUT2D eigenvalue weighted by atomic mass is 10.1. The van der Waals surface area contributed by atoms with Crippen molar-refractivity contribution in [1.29, 1.82) is 0 Å². The average molecular weight is 431 g/mol. The number of aromatic nitrogens is 1. The van der Waals surface area contributed by atoms with Crippen LogP contribution in [0.1, 0.15) is 16.8 Å². The van der Waals surface area contributed by atoms with E-state index in [-0.39, 0.29) is 11.7 Å². The van der Waals surface area contributed by atoms with E-state index in [4.69, 9.17) is 0 Å². The largest absolute Gasteiger partial charge is 0.355 e. The van der Waals surface area contributed by atoms with E-state index in [1.165, 1.54) is 23.0 Å². The molecule has 0 saturated heterocycles. The zero-order valence-electron chi connectivity index (χ0n) is 18.3. The van der Waals surface area contributed by atoms with Crippen LogP contribution in [0.3, 0.4) is 0 Å². The van der Waals surface area contributed by atoms with Gasteiger partial charge in [0.25, 0.3) is 5.91 Å². The van der Waals surface area contributed by atoms with Crippen LogP contribution < -0.4 is 10.6 Å². The maximum absolute atomic E-state index is 13.4. The Morgan fingerprint density at radius 3 is 2.53 bits per heavy atom. The molecule has 2 N–H and O–H groups in total. The Hall–Kier alpha value is -3.64. The molecule has 0 radical (unpaired) electrons. The number of anilines is 3. The second-order valence-electron chi connectivity index (χ2n) is 8.11. The number of rotatable bonds is 8. The van der Waals surface area contributed by atoms with Gasteiger partial charge in [0.1, 0.15) is 5.82 Å². The van der Waals surface area contributed by atoms with Gasteiger partial charge in [0.2, 0.25) is 0 Å². The van der Waals surface area contributed by atoms with E-state index in [0.717, 1.165) is 30.9 Å². The maximum Gasteiger partial charge on any atom is 0.255 e. The van der Waals surface area contributed by atoms with E-state index < -0.39 is 0 Å². The number of hydrogen-bond donors (Lipinski definition) is 2. The molecule has 1 amide bonds. The summed E-state index contributed by atoms with van der Waals surface area (Å²) in [5, 5.41) is 7.27. The van der Waals surface area contributed by atoms with Crippen molar-refractivity contribution in [1.82, 2.24) is 9.47 Å². The van der Waals surface area contributed by atoms with E-state index in [1.807, 2.05) is 18.2 Å². The Morgan fingerprint density at radius 1 is 0.938 bits per heavy atom. The fraction of sp³-hybridized carbons (Fsp3) is 0.192. The predicted molar refractivity (Wildman–Crippen MR) is 129 cm³/mol. The van der Waals surface area contributed by atoms with Crippen LogP contribution in [0.2, 0.25) is 0 Å². The fourth-order valence-corrected chi connectivity index (χ4v) is 3.70. The molecule has 6 heteroatoms. The molecule has 1 aromatic heterocycles. The molecular weight excluding hydrogens is 403 g/mol. The third-order valence-corrected chi connectivity index (χ3v) is 5.27. The molecule has 0 fully saturated rings. The van der Waals surface area contributed by atoms with Crippen LogP contribution in [0.25, 0.3) is 10.9 Å². The highest BCUT2D eigenvalue weighted by molar-refractivity contribution is 6.04. The number of carbonyl (C=O) groups is 1. The van der Waals surface area contributed by atoms with Gasteiger partial charge in [-0.25, -0.2) is 4.39 Å². The minimum absolute atomic E-state index is 0.287. The van der Waals surface area contributed by atoms with Gasteiger partial charge in [0, 0.05) is 46.3 Å². The van der Waals surface area contributed by atoms with Crippen molar-refractivity contribution in [2.45, 2.75) is 13.0 Å². The van der Waals surface area contributed by atoms with Gasteiger partial charge >= 0.3 is 0 Å². The number of fused-ring (bicyclic) bond motifs is 1. The number of nitrogens with one attached hydrogen (secondary N) is 2. The van der Waals surface area contributed by atoms with E-state index in [0.29, 0.717) is 11.3 Å². The zero-order chi connectivity index (χ0) is 22.5. The molecule has 4 aromatic rings. The van der Waals surface area contributed by atoms with Crippen LogP contribution in [0.4, 0.5) is 21.5 Å². The number of carbonyl (C=O) groups excluding carboxylic acids is 1. The molecule has 0 aliphatic rings. The van der Waals surface area contributed by atoms with Crippen LogP contribution >= 0.6 is 0 Å². The summed E-state index contributed by atoms with van der Waals surface area (Å²) in [5.41, 5.74) is 3.88. The Balaban J connectivity index is 1.45. The first-order chi connectivity index (χ1) is 15.5. The molecule has 32 heavy (non-hydrogen) atoms. The van der Waals surface area contributed by atoms with Crippen LogP contribution in [0.15, 0.2) is 79.0 Å². The molecule has 164 valence electrons. The van der Waals surface area contributed by atoms with Crippen molar-refractivity contribution in [3.8, 4) is 0 Å². The number of nitrogens with zero attached hydrogens (tertiary/aromatic N) is 2. The third-order valence-electron chi connectivity index (χ3n) is 5.27. The summed E-state index contributed by atoms with van der Waals surface area (Å²) < 4.78 is 15.6. The Labute approximate surface area is 187 Å². The molecule has 0 atom stereocenters. The first kappa shape index (κ1) is 21.6. The van der Waals surface area contributed by atoms with Crippen molar-refractivity contribution in [3.63, 3.8) is 0 Å². The number of benzene rings is 3. The summed E-state index contributed by atoms with van der Waals surface area (Å²) in [6.45, 7) is 2.04. The highest BCUT2D eigenvalue weighted by Crippen LogP contribution is 2.24. The van der Waals surface area contributed by atoms with Gasteiger partial charge in [0.15, 0.2) is 0 Å². The minimum atomic E-state index is -0.389. The molecule has 0 bridgehead atoms. The Bertz CT molecular complexity index is 1230. The molecule has 0 unspecified atom stereocenters. The van der Waals surface area contributed by atoms with Crippen LogP contribution in [0, 0.1) is 5.82 Å². The summed E-state index contributed by atoms with van der Waals surface area (Å²) in [5.74, 6) is -0.676. The summed E-state index contributed by atoms with van der Waals surface area (Å²) in [6, 6.07) is 21.5. The SMILES string of the molecule is CN(C)CCCn1ccc2cc(Nc3cccc(C(=O)Nc4cccc(F)c4)c3)ccc21. The van der Waals surface area contributed by atoms with Crippen molar-refractivity contribution in [2.24, 2.45) is 0 Å². The van der Waals surface area contributed by atoms with Crippen molar-refractivity contribution in [2.75, 3.05) is 31.3 Å². The van der Waals surface area contributed by atoms with E-state index in [1.54, 1.807) is 24.3 Å². The van der Waals surface area contributed by atoms with Gasteiger partial charge in [-0.05, 0) is 87.7 Å². The lowest BCUT2D eigenvalue weighted by molar-refractivity contribution is 0.102. The van der Waals surface area contributed by atoms with Crippen molar-refractivity contribution >= 4 is 33.9 Å². The maximum atomic E-state index is 13.4. The molecule has 0 saturated carbocycles. The second-order valence-corrected chi connectivity index (χ2v) is 8.11. The molecule has 0 aliphatic carbocycles. The molecule has 4 rings (SSSR count). The van der Waals surface area contributed by atoms with Gasteiger partial charge < -0.3 is 20.1 Å². The summed E-state index contributed by atoms with van der Waals surface area (Å²) in [4.78, 5) is 14.8. The Morgan fingerprint density at radius 2 is 1.72 bits per heavy atom. The lowest BCUT2D eigenvalue weighted by Gasteiger charge is -2.11. The second kappa shape index (κ2) is 9.66. The minimum Gasteiger partial charge on any atom is -0.355 e. The smallest absolute Gasteiger partial charge is 0.255 e. The van der Waals surface area contributed by atoms with Crippen LogP contribution in [-0.4, -0.2) is 36.0 Å². The van der Waals surface area contributed by atoms with Gasteiger partial charge in [-0.3, -0.25) is 4.79 Å². The molecular formula is C26H27FN4O. The number of amides is 1. The number of hydrogen-bond acceptors (Lipinski definition) is 3.